The van der Waals surface area contributed by atoms with Gasteiger partial charge in [-0.1, -0.05) is 0 Å². The molecule has 0 aliphatic rings. The van der Waals surface area contributed by atoms with Crippen LogP contribution in [-0.2, 0) is 14.4 Å². The fourth-order valence-electron chi connectivity index (χ4n) is 1.11. The molecule has 0 saturated carbocycles. The van der Waals surface area contributed by atoms with Gasteiger partial charge in [0.15, 0.2) is 0 Å². The van der Waals surface area contributed by atoms with Crippen molar-refractivity contribution in [3.05, 3.63) is 0 Å². The Morgan fingerprint density at radius 3 is 1.89 bits per heavy atom. The van der Waals surface area contributed by atoms with Gasteiger partial charge in [0.05, 0.1) is 0 Å². The number of carboxylic acid groups (broad SMARTS) is 3. The van der Waals surface area contributed by atoms with Crippen molar-refractivity contribution in [2.75, 3.05) is 25.1 Å². The van der Waals surface area contributed by atoms with Gasteiger partial charge in [-0.25, -0.2) is 9.59 Å². The first-order valence-electron chi connectivity index (χ1n) is 4.98. The first-order chi connectivity index (χ1) is 8.77. The van der Waals surface area contributed by atoms with Crippen LogP contribution < -0.4 is 5.32 Å². The van der Waals surface area contributed by atoms with Gasteiger partial charge in [0.25, 0.3) is 0 Å². The number of hydrogen-bond acceptors (Lipinski definition) is 5. The number of carbonyl (C=O) groups is 4. The smallest absolute Gasteiger partial charge is 0.327 e. The fourth-order valence-corrected chi connectivity index (χ4v) is 1.67. The van der Waals surface area contributed by atoms with Crippen LogP contribution in [-0.4, -0.2) is 75.3 Å². The Hall–Kier alpha value is -1.97. The minimum atomic E-state index is -1.40. The Morgan fingerprint density at radius 2 is 1.58 bits per heavy atom. The Kier molecular flexibility index (Phi) is 7.34. The highest BCUT2D eigenvalue weighted by Gasteiger charge is 2.25. The van der Waals surface area contributed by atoms with Crippen LogP contribution in [0, 0.1) is 0 Å². The monoisotopic (exact) mass is 294 g/mol. The summed E-state index contributed by atoms with van der Waals surface area (Å²) in [5.41, 5.74) is 0. The third kappa shape index (κ3) is 7.13. The summed E-state index contributed by atoms with van der Waals surface area (Å²) in [6, 6.07) is -2.26. The van der Waals surface area contributed by atoms with Gasteiger partial charge in [-0.2, -0.15) is 11.8 Å². The molecule has 0 unspecified atom stereocenters. The largest absolute Gasteiger partial charge is 0.480 e. The van der Waals surface area contributed by atoms with E-state index in [2.05, 4.69) is 5.32 Å². The van der Waals surface area contributed by atoms with Gasteiger partial charge < -0.3 is 25.5 Å². The fraction of sp³-hybridized carbons (Fsp3) is 0.556. The van der Waals surface area contributed by atoms with Gasteiger partial charge >= 0.3 is 23.9 Å². The lowest BCUT2D eigenvalue weighted by atomic mass is 10.3. The molecule has 0 aliphatic heterocycles. The van der Waals surface area contributed by atoms with E-state index < -0.39 is 43.1 Å². The summed E-state index contributed by atoms with van der Waals surface area (Å²) in [5.74, 6) is -4.00. The minimum Gasteiger partial charge on any atom is -0.480 e. The Labute approximate surface area is 112 Å². The predicted molar refractivity (Wildman–Crippen MR) is 65.2 cm³/mol. The van der Waals surface area contributed by atoms with Crippen LogP contribution >= 0.6 is 11.8 Å². The molecule has 0 radical (unpaired) electrons. The van der Waals surface area contributed by atoms with Gasteiger partial charge in [-0.15, -0.1) is 0 Å². The second-order valence-electron chi connectivity index (χ2n) is 3.44. The number of rotatable bonds is 8. The van der Waals surface area contributed by atoms with Crippen LogP contribution in [0.5, 0.6) is 0 Å². The van der Waals surface area contributed by atoms with Gasteiger partial charge in [0.2, 0.25) is 0 Å². The molecule has 108 valence electrons. The number of nitrogens with zero attached hydrogens (tertiary/aromatic N) is 1. The maximum atomic E-state index is 11.6. The van der Waals surface area contributed by atoms with E-state index in [0.29, 0.717) is 4.90 Å². The van der Waals surface area contributed by atoms with Crippen LogP contribution in [0.3, 0.4) is 0 Å². The molecular formula is C9H14N2O7S. The molecule has 0 bridgehead atoms. The molecule has 1 atom stereocenters. The molecule has 9 nitrogen and oxygen atoms in total. The highest BCUT2D eigenvalue weighted by Crippen LogP contribution is 1.99. The highest BCUT2D eigenvalue weighted by molar-refractivity contribution is 7.98. The lowest BCUT2D eigenvalue weighted by Gasteiger charge is -2.21. The average Bonchev–Trinajstić information content (AvgIpc) is 2.25. The van der Waals surface area contributed by atoms with Gasteiger partial charge in [-0.3, -0.25) is 9.59 Å². The summed E-state index contributed by atoms with van der Waals surface area (Å²) in [6.07, 6.45) is 1.63. The van der Waals surface area contributed by atoms with Crippen LogP contribution in [0.15, 0.2) is 0 Å². The third-order valence-corrected chi connectivity index (χ3v) is 2.54. The van der Waals surface area contributed by atoms with Crippen molar-refractivity contribution in [3.63, 3.8) is 0 Å². The zero-order valence-electron chi connectivity index (χ0n) is 10.0. The molecule has 4 N–H and O–H groups in total. The van der Waals surface area contributed by atoms with E-state index in [1.807, 2.05) is 0 Å². The van der Waals surface area contributed by atoms with E-state index in [0.717, 1.165) is 0 Å². The summed E-state index contributed by atoms with van der Waals surface area (Å²) in [6.45, 7) is -1.66. The van der Waals surface area contributed by atoms with Crippen LogP contribution in [0.2, 0.25) is 0 Å². The molecule has 0 aromatic carbocycles. The molecular weight excluding hydrogens is 280 g/mol. The number of carboxylic acids is 3. The van der Waals surface area contributed by atoms with Gasteiger partial charge in [0.1, 0.15) is 19.1 Å². The molecule has 0 fully saturated rings. The van der Waals surface area contributed by atoms with Crippen molar-refractivity contribution >= 4 is 35.7 Å². The molecule has 0 spiro atoms. The molecule has 0 aliphatic carbocycles. The molecule has 0 aromatic heterocycles. The number of hydrogen-bond donors (Lipinski definition) is 4. The third-order valence-electron chi connectivity index (χ3n) is 1.87. The van der Waals surface area contributed by atoms with Crippen molar-refractivity contribution < 1.29 is 34.5 Å². The summed E-state index contributed by atoms with van der Waals surface area (Å²) in [4.78, 5) is 43.9. The molecule has 10 heteroatoms. The topological polar surface area (TPSA) is 144 Å². The first kappa shape index (κ1) is 17.0. The van der Waals surface area contributed by atoms with Gasteiger partial charge in [-0.05, 0) is 6.26 Å². The van der Waals surface area contributed by atoms with E-state index in [9.17, 15) is 19.2 Å². The number of amides is 2. The van der Waals surface area contributed by atoms with E-state index >= 15 is 0 Å². The highest BCUT2D eigenvalue weighted by atomic mass is 32.2. The Morgan fingerprint density at radius 1 is 1.11 bits per heavy atom. The van der Waals surface area contributed by atoms with Crippen molar-refractivity contribution in [3.8, 4) is 0 Å². The maximum Gasteiger partial charge on any atom is 0.327 e. The number of aliphatic carboxylic acids is 3. The second kappa shape index (κ2) is 8.19. The zero-order valence-corrected chi connectivity index (χ0v) is 10.8. The maximum absolute atomic E-state index is 11.6. The molecule has 0 aromatic rings. The lowest BCUT2D eigenvalue weighted by Crippen LogP contribution is -2.51. The minimum absolute atomic E-state index is 0.0784. The normalized spacial score (nSPS) is 11.4. The molecule has 2 amide bonds. The van der Waals surface area contributed by atoms with Crippen molar-refractivity contribution in [2.24, 2.45) is 0 Å². The van der Waals surface area contributed by atoms with Gasteiger partial charge in [0, 0.05) is 5.75 Å². The lowest BCUT2D eigenvalue weighted by molar-refractivity contribution is -0.140. The first-order valence-corrected chi connectivity index (χ1v) is 6.38. The molecule has 0 rings (SSSR count). The summed E-state index contributed by atoms with van der Waals surface area (Å²) < 4.78 is 0. The number of carbonyl (C=O) groups excluding carboxylic acids is 1. The number of thioether (sulfide) groups is 1. The summed E-state index contributed by atoms with van der Waals surface area (Å²) in [7, 11) is 0. The van der Waals surface area contributed by atoms with Crippen LogP contribution in [0.4, 0.5) is 4.79 Å². The Bertz CT molecular complexity index is 358. The molecule has 0 saturated heterocycles. The van der Waals surface area contributed by atoms with Crippen molar-refractivity contribution in [1.82, 2.24) is 10.2 Å². The van der Waals surface area contributed by atoms with Crippen LogP contribution in [0.25, 0.3) is 0 Å². The SMILES string of the molecule is CSC[C@H](NC(=O)N(CC(=O)O)CC(=O)O)C(=O)O. The second-order valence-corrected chi connectivity index (χ2v) is 4.35. The predicted octanol–water partition coefficient (Wildman–Crippen LogP) is -1.02. The van der Waals surface area contributed by atoms with E-state index in [-0.39, 0.29) is 5.75 Å². The summed E-state index contributed by atoms with van der Waals surface area (Å²) >= 11 is 1.17. The molecule has 19 heavy (non-hydrogen) atoms. The summed E-state index contributed by atoms with van der Waals surface area (Å²) in [5, 5.41) is 28.0. The number of nitrogens with one attached hydrogen (secondary N) is 1. The zero-order chi connectivity index (χ0) is 15.0. The Balaban J connectivity index is 4.72. The van der Waals surface area contributed by atoms with Crippen LogP contribution in [0.1, 0.15) is 0 Å². The van der Waals surface area contributed by atoms with E-state index in [1.54, 1.807) is 6.26 Å². The molecule has 0 heterocycles. The standard InChI is InChI=1S/C9H14N2O7S/c1-19-4-5(8(16)17)10-9(18)11(2-6(12)13)3-7(14)15/h5H,2-4H2,1H3,(H,10,18)(H,12,13)(H,14,15)(H,16,17)/t5-/m0/s1. The number of urea groups is 1. The van der Waals surface area contributed by atoms with E-state index in [1.165, 1.54) is 11.8 Å². The quantitative estimate of drug-likeness (QED) is 0.445. The van der Waals surface area contributed by atoms with Crippen molar-refractivity contribution in [1.29, 1.82) is 0 Å². The van der Waals surface area contributed by atoms with Crippen molar-refractivity contribution in [2.45, 2.75) is 6.04 Å². The van der Waals surface area contributed by atoms with E-state index in [4.69, 9.17) is 15.3 Å². The average molecular weight is 294 g/mol.